The van der Waals surface area contributed by atoms with Crippen LogP contribution in [0, 0.1) is 0 Å². The Morgan fingerprint density at radius 3 is 2.93 bits per heavy atom. The molecule has 0 bridgehead atoms. The lowest BCUT2D eigenvalue weighted by Crippen LogP contribution is -2.47. The van der Waals surface area contributed by atoms with Gasteiger partial charge in [-0.1, -0.05) is 30.3 Å². The normalized spacial score (nSPS) is 33.8. The first kappa shape index (κ1) is 18.2. The molecule has 0 N–H and O–H groups in total. The molecule has 3 aliphatic heterocycles. The second-order valence-electron chi connectivity index (χ2n) is 7.78. The van der Waals surface area contributed by atoms with E-state index in [1.54, 1.807) is 0 Å². The predicted molar refractivity (Wildman–Crippen MR) is 106 cm³/mol. The molecule has 4 atom stereocenters. The Hall–Kier alpha value is -1.88. The summed E-state index contributed by atoms with van der Waals surface area (Å²) in [7, 11) is -2.00. The number of carbonyl (C=O) groups excluding carboxylic acids is 1. The Bertz CT molecular complexity index is 1010. The fourth-order valence-corrected chi connectivity index (χ4v) is 7.84. The van der Waals surface area contributed by atoms with Gasteiger partial charge in [0, 0.05) is 5.56 Å². The summed E-state index contributed by atoms with van der Waals surface area (Å²) in [6, 6.07) is 11.8. The van der Waals surface area contributed by atoms with Gasteiger partial charge >= 0.3 is 13.6 Å². The van der Waals surface area contributed by atoms with Crippen molar-refractivity contribution < 1.29 is 23.1 Å². The van der Waals surface area contributed by atoms with Crippen LogP contribution in [-0.2, 0) is 18.6 Å². The van der Waals surface area contributed by atoms with Crippen molar-refractivity contribution in [3.8, 4) is 5.75 Å². The number of esters is 1. The second kappa shape index (κ2) is 6.31. The average Bonchev–Trinajstić information content (AvgIpc) is 3.26. The first-order valence-electron chi connectivity index (χ1n) is 9.85. The topological polar surface area (TPSA) is 65.1 Å². The molecule has 3 heterocycles. The van der Waals surface area contributed by atoms with Crippen LogP contribution in [0.15, 0.2) is 36.4 Å². The average molecular weight is 401 g/mol. The van der Waals surface area contributed by atoms with Crippen molar-refractivity contribution >= 4 is 24.3 Å². The number of methoxy groups -OCH3 is 1. The molecule has 148 valence electrons. The monoisotopic (exact) mass is 401 g/mol. The molecule has 5 rings (SSSR count). The summed E-state index contributed by atoms with van der Waals surface area (Å²) in [4.78, 5) is 15.1. The maximum atomic E-state index is 13.8. The molecule has 0 unspecified atom stereocenters. The number of carbonyl (C=O) groups is 1. The SMILES string of the molecule is CCO[P@]1(=O)Oc2ccc3ccccc3c2[C@H]2[C@@H]1C[C@@]1(C(=O)OC)CCCN21. The highest BCUT2D eigenvalue weighted by Gasteiger charge is 2.66. The minimum Gasteiger partial charge on any atom is -0.468 e. The lowest BCUT2D eigenvalue weighted by Gasteiger charge is -2.38. The van der Waals surface area contributed by atoms with E-state index >= 15 is 0 Å². The summed E-state index contributed by atoms with van der Waals surface area (Å²) >= 11 is 0. The summed E-state index contributed by atoms with van der Waals surface area (Å²) in [5.74, 6) is 0.355. The molecule has 0 saturated carbocycles. The van der Waals surface area contributed by atoms with Gasteiger partial charge in [-0.15, -0.1) is 0 Å². The zero-order valence-corrected chi connectivity index (χ0v) is 17.0. The molecule has 0 amide bonds. The van der Waals surface area contributed by atoms with Crippen LogP contribution in [0.2, 0.25) is 0 Å². The van der Waals surface area contributed by atoms with Crippen LogP contribution in [0.1, 0.15) is 37.8 Å². The highest BCUT2D eigenvalue weighted by Crippen LogP contribution is 2.70. The van der Waals surface area contributed by atoms with Crippen molar-refractivity contribution in [1.82, 2.24) is 4.90 Å². The zero-order valence-electron chi connectivity index (χ0n) is 16.1. The van der Waals surface area contributed by atoms with E-state index in [9.17, 15) is 9.36 Å². The number of rotatable bonds is 3. The van der Waals surface area contributed by atoms with E-state index in [-0.39, 0.29) is 17.7 Å². The van der Waals surface area contributed by atoms with Gasteiger partial charge in [-0.3, -0.25) is 14.2 Å². The maximum absolute atomic E-state index is 13.8. The highest BCUT2D eigenvalue weighted by molar-refractivity contribution is 7.55. The van der Waals surface area contributed by atoms with Crippen LogP contribution < -0.4 is 4.52 Å². The fraction of sp³-hybridized carbons (Fsp3) is 0.476. The van der Waals surface area contributed by atoms with E-state index in [1.165, 1.54) is 7.11 Å². The van der Waals surface area contributed by atoms with Gasteiger partial charge in [0.25, 0.3) is 0 Å². The van der Waals surface area contributed by atoms with Crippen LogP contribution in [0.3, 0.4) is 0 Å². The fourth-order valence-electron chi connectivity index (χ4n) is 5.48. The minimum atomic E-state index is -3.42. The molecule has 2 fully saturated rings. The first-order chi connectivity index (χ1) is 13.5. The van der Waals surface area contributed by atoms with Crippen molar-refractivity contribution in [2.45, 2.75) is 43.4 Å². The van der Waals surface area contributed by atoms with Crippen LogP contribution >= 0.6 is 7.60 Å². The van der Waals surface area contributed by atoms with Crippen LogP contribution in [0.25, 0.3) is 10.8 Å². The number of hydrogen-bond donors (Lipinski definition) is 0. The molecule has 2 aromatic carbocycles. The Morgan fingerprint density at radius 2 is 2.14 bits per heavy atom. The van der Waals surface area contributed by atoms with Crippen LogP contribution in [0.4, 0.5) is 0 Å². The molecular weight excluding hydrogens is 377 g/mol. The van der Waals surface area contributed by atoms with Crippen molar-refractivity contribution in [2.24, 2.45) is 0 Å². The lowest BCUT2D eigenvalue weighted by atomic mass is 9.93. The Balaban J connectivity index is 1.76. The van der Waals surface area contributed by atoms with Crippen molar-refractivity contribution in [2.75, 3.05) is 20.3 Å². The zero-order chi connectivity index (χ0) is 19.5. The summed E-state index contributed by atoms with van der Waals surface area (Å²) in [6.45, 7) is 2.89. The Morgan fingerprint density at radius 1 is 1.32 bits per heavy atom. The minimum absolute atomic E-state index is 0.186. The second-order valence-corrected chi connectivity index (χ2v) is 9.97. The van der Waals surface area contributed by atoms with Gasteiger partial charge in [-0.25, -0.2) is 4.57 Å². The largest absolute Gasteiger partial charge is 0.468 e. The number of benzene rings is 2. The first-order valence-corrected chi connectivity index (χ1v) is 11.5. The molecule has 2 aromatic rings. The van der Waals surface area contributed by atoms with E-state index in [0.29, 0.717) is 25.2 Å². The third kappa shape index (κ3) is 2.28. The third-order valence-electron chi connectivity index (χ3n) is 6.52. The summed E-state index contributed by atoms with van der Waals surface area (Å²) in [5.41, 5.74) is -0.120. The van der Waals surface area contributed by atoms with Crippen LogP contribution in [-0.4, -0.2) is 42.3 Å². The number of nitrogens with zero attached hydrogens (tertiary/aromatic N) is 1. The number of hydrogen-bond acceptors (Lipinski definition) is 6. The molecule has 0 radical (unpaired) electrons. The Kier molecular flexibility index (Phi) is 4.10. The molecule has 2 saturated heterocycles. The van der Waals surface area contributed by atoms with E-state index in [2.05, 4.69) is 17.0 Å². The lowest BCUT2D eigenvalue weighted by molar-refractivity contribution is -0.152. The number of fused-ring (bicyclic) bond motifs is 7. The smallest absolute Gasteiger partial charge is 0.384 e. The third-order valence-corrected chi connectivity index (χ3v) is 8.87. The van der Waals surface area contributed by atoms with Gasteiger partial charge in [0.15, 0.2) is 0 Å². The summed E-state index contributed by atoms with van der Waals surface area (Å²) < 4.78 is 30.8. The summed E-state index contributed by atoms with van der Waals surface area (Å²) in [5, 5.41) is 2.18. The highest BCUT2D eigenvalue weighted by atomic mass is 31.2. The molecular formula is C21H24NO5P. The molecule has 6 nitrogen and oxygen atoms in total. The molecule has 0 spiro atoms. The quantitative estimate of drug-likeness (QED) is 0.565. The standard InChI is InChI=1S/C21H24NO5P/c1-3-26-28(24)17-13-21(20(23)25-2)11-6-12-22(21)19(17)18-15-8-5-4-7-14(15)9-10-16(18)27-28/h4-5,7-10,17,19H,3,6,11-13H2,1-2H3/t17-,19+,21+,28-/m0/s1. The van der Waals surface area contributed by atoms with Crippen molar-refractivity contribution in [3.05, 3.63) is 42.0 Å². The van der Waals surface area contributed by atoms with E-state index < -0.39 is 13.1 Å². The molecule has 3 aliphatic rings. The van der Waals surface area contributed by atoms with Gasteiger partial charge in [-0.05, 0) is 49.6 Å². The van der Waals surface area contributed by atoms with E-state index in [4.69, 9.17) is 13.8 Å². The van der Waals surface area contributed by atoms with Gasteiger partial charge < -0.3 is 9.26 Å². The van der Waals surface area contributed by atoms with E-state index in [0.717, 1.165) is 29.3 Å². The molecule has 7 heteroatoms. The number of ether oxygens (including phenoxy) is 1. The summed E-state index contributed by atoms with van der Waals surface area (Å²) in [6.07, 6.45) is 2.06. The Labute approximate surface area is 164 Å². The molecule has 28 heavy (non-hydrogen) atoms. The van der Waals surface area contributed by atoms with Gasteiger partial charge in [-0.2, -0.15) is 0 Å². The van der Waals surface area contributed by atoms with E-state index in [1.807, 2.05) is 31.2 Å². The van der Waals surface area contributed by atoms with Crippen molar-refractivity contribution in [1.29, 1.82) is 0 Å². The van der Waals surface area contributed by atoms with Gasteiger partial charge in [0.1, 0.15) is 11.3 Å². The molecule has 0 aromatic heterocycles. The van der Waals surface area contributed by atoms with Gasteiger partial charge in [0.2, 0.25) is 0 Å². The van der Waals surface area contributed by atoms with Crippen molar-refractivity contribution in [3.63, 3.8) is 0 Å². The van der Waals surface area contributed by atoms with Gasteiger partial charge in [0.05, 0.1) is 25.4 Å². The predicted octanol–water partition coefficient (Wildman–Crippen LogP) is 4.28. The molecule has 0 aliphatic carbocycles. The van der Waals surface area contributed by atoms with Crippen LogP contribution in [0.5, 0.6) is 5.75 Å². The maximum Gasteiger partial charge on any atom is 0.384 e.